The summed E-state index contributed by atoms with van der Waals surface area (Å²) in [5.41, 5.74) is 1.47. The van der Waals surface area contributed by atoms with E-state index in [0.29, 0.717) is 0 Å². The molecule has 0 fully saturated rings. The Balaban J connectivity index is 2.46. The van der Waals surface area contributed by atoms with Crippen molar-refractivity contribution in [2.45, 2.75) is 26.2 Å². The van der Waals surface area contributed by atoms with Crippen LogP contribution in [0.25, 0.3) is 0 Å². The highest BCUT2D eigenvalue weighted by atomic mass is 35.7. The van der Waals surface area contributed by atoms with E-state index in [2.05, 4.69) is 57.2 Å². The predicted octanol–water partition coefficient (Wildman–Crippen LogP) is 4.57. The van der Waals surface area contributed by atoms with Crippen molar-refractivity contribution >= 4 is 29.1 Å². The molecule has 0 amide bonds. The van der Waals surface area contributed by atoms with Crippen LogP contribution in [0.15, 0.2) is 54.6 Å². The van der Waals surface area contributed by atoms with Crippen molar-refractivity contribution in [3.8, 4) is 0 Å². The van der Waals surface area contributed by atoms with Gasteiger partial charge in [0.25, 0.3) is 0 Å². The monoisotopic (exact) mass is 276 g/mol. The highest BCUT2D eigenvalue weighted by Gasteiger charge is 2.22. The van der Waals surface area contributed by atoms with Crippen LogP contribution in [-0.2, 0) is 5.41 Å². The van der Waals surface area contributed by atoms with E-state index in [1.807, 2.05) is 18.2 Å². The summed E-state index contributed by atoms with van der Waals surface area (Å²) in [6, 6.07) is 18.9. The molecule has 0 heterocycles. The Kier molecular flexibility index (Phi) is 4.10. The van der Waals surface area contributed by atoms with Gasteiger partial charge in [-0.05, 0) is 21.6 Å². The van der Waals surface area contributed by atoms with E-state index < -0.39 is 7.27 Å². The van der Waals surface area contributed by atoms with Crippen molar-refractivity contribution in [3.63, 3.8) is 0 Å². The summed E-state index contributed by atoms with van der Waals surface area (Å²) in [6.07, 6.45) is 0. The van der Waals surface area contributed by atoms with Crippen LogP contribution in [0.3, 0.4) is 0 Å². The number of halogens is 1. The number of rotatable bonds is 2. The molecule has 2 aromatic carbocycles. The Morgan fingerprint density at radius 2 is 1.39 bits per heavy atom. The maximum Gasteiger partial charge on any atom is 0.0527 e. The Morgan fingerprint density at radius 3 is 2.00 bits per heavy atom. The molecular weight excluding hydrogens is 259 g/mol. The summed E-state index contributed by atoms with van der Waals surface area (Å²) in [6.45, 7) is 6.70. The molecule has 0 saturated heterocycles. The van der Waals surface area contributed by atoms with Gasteiger partial charge in [0.05, 0.1) is 7.27 Å². The number of hydrogen-bond acceptors (Lipinski definition) is 0. The molecule has 0 N–H and O–H groups in total. The van der Waals surface area contributed by atoms with E-state index in [1.54, 1.807) is 0 Å². The zero-order valence-corrected chi connectivity index (χ0v) is 12.7. The molecule has 0 nitrogen and oxygen atoms in total. The van der Waals surface area contributed by atoms with E-state index in [0.717, 1.165) is 0 Å². The molecule has 2 heteroatoms. The first-order valence-corrected chi connectivity index (χ1v) is 8.35. The fourth-order valence-corrected chi connectivity index (χ4v) is 4.31. The fourth-order valence-electron chi connectivity index (χ4n) is 1.98. The molecule has 1 unspecified atom stereocenters. The lowest BCUT2D eigenvalue weighted by molar-refractivity contribution is 0.594. The van der Waals surface area contributed by atoms with E-state index >= 15 is 0 Å². The topological polar surface area (TPSA) is 0 Å². The highest BCUT2D eigenvalue weighted by molar-refractivity contribution is 7.95. The van der Waals surface area contributed by atoms with Crippen LogP contribution in [0.2, 0.25) is 0 Å². The minimum atomic E-state index is -0.784. The Hall–Kier alpha value is -0.840. The van der Waals surface area contributed by atoms with Crippen molar-refractivity contribution in [1.29, 1.82) is 0 Å². The first-order chi connectivity index (χ1) is 8.50. The molecular formula is C16H18ClP. The molecule has 0 spiro atoms. The second-order valence-corrected chi connectivity index (χ2v) is 7.96. The van der Waals surface area contributed by atoms with Crippen LogP contribution in [0.5, 0.6) is 0 Å². The van der Waals surface area contributed by atoms with Crippen LogP contribution in [0, 0.1) is 0 Å². The highest BCUT2D eigenvalue weighted by Crippen LogP contribution is 2.41. The van der Waals surface area contributed by atoms with Gasteiger partial charge in [-0.3, -0.25) is 0 Å². The average Bonchev–Trinajstić information content (AvgIpc) is 2.38. The molecule has 0 aromatic heterocycles. The fraction of sp³-hybridized carbons (Fsp3) is 0.250. The molecule has 0 aliphatic heterocycles. The van der Waals surface area contributed by atoms with Crippen LogP contribution < -0.4 is 10.6 Å². The van der Waals surface area contributed by atoms with Crippen LogP contribution >= 0.6 is 18.5 Å². The molecule has 0 bridgehead atoms. The lowest BCUT2D eigenvalue weighted by atomic mass is 9.87. The normalized spacial score (nSPS) is 13.3. The molecule has 2 rings (SSSR count). The van der Waals surface area contributed by atoms with Gasteiger partial charge in [-0.15, -0.1) is 0 Å². The van der Waals surface area contributed by atoms with Crippen molar-refractivity contribution in [3.05, 3.63) is 60.2 Å². The maximum absolute atomic E-state index is 6.71. The zero-order chi connectivity index (χ0) is 13.2. The molecule has 18 heavy (non-hydrogen) atoms. The largest absolute Gasteiger partial charge is 0.0859 e. The van der Waals surface area contributed by atoms with E-state index in [4.69, 9.17) is 11.2 Å². The third-order valence-corrected chi connectivity index (χ3v) is 5.60. The lowest BCUT2D eigenvalue weighted by Gasteiger charge is -2.25. The SMILES string of the molecule is CC(C)(C)c1ccccc1P(Cl)c1ccccc1. The summed E-state index contributed by atoms with van der Waals surface area (Å²) in [5.74, 6) is 0. The molecule has 1 atom stereocenters. The van der Waals surface area contributed by atoms with Gasteiger partial charge in [0, 0.05) is 0 Å². The van der Waals surface area contributed by atoms with Crippen LogP contribution in [0.1, 0.15) is 26.3 Å². The summed E-state index contributed by atoms with van der Waals surface area (Å²) in [4.78, 5) is 0. The Labute approximate surface area is 116 Å². The lowest BCUT2D eigenvalue weighted by Crippen LogP contribution is -2.22. The first-order valence-electron chi connectivity index (χ1n) is 6.10. The van der Waals surface area contributed by atoms with Crippen LogP contribution in [-0.4, -0.2) is 0 Å². The minimum Gasteiger partial charge on any atom is -0.0859 e. The Bertz CT molecular complexity index is 514. The third-order valence-electron chi connectivity index (χ3n) is 2.91. The molecule has 0 aliphatic carbocycles. The Morgan fingerprint density at radius 1 is 0.833 bits per heavy atom. The summed E-state index contributed by atoms with van der Waals surface area (Å²) in [7, 11) is -0.784. The van der Waals surface area contributed by atoms with Crippen molar-refractivity contribution in [1.82, 2.24) is 0 Å². The summed E-state index contributed by atoms with van der Waals surface area (Å²) in [5, 5.41) is 2.48. The quantitative estimate of drug-likeness (QED) is 0.705. The van der Waals surface area contributed by atoms with Gasteiger partial charge >= 0.3 is 0 Å². The van der Waals surface area contributed by atoms with E-state index in [1.165, 1.54) is 16.2 Å². The standard InChI is InChI=1S/C16H18ClP/c1-16(2,3)14-11-7-8-12-15(14)18(17)13-9-5-4-6-10-13/h4-12H,1-3H3. The molecule has 0 aliphatic rings. The maximum atomic E-state index is 6.71. The van der Waals surface area contributed by atoms with Crippen molar-refractivity contribution in [2.24, 2.45) is 0 Å². The van der Waals surface area contributed by atoms with Gasteiger partial charge < -0.3 is 0 Å². The summed E-state index contributed by atoms with van der Waals surface area (Å²) < 4.78 is 0. The summed E-state index contributed by atoms with van der Waals surface area (Å²) >= 11 is 6.71. The van der Waals surface area contributed by atoms with Gasteiger partial charge in [-0.2, -0.15) is 0 Å². The average molecular weight is 277 g/mol. The number of benzene rings is 2. The van der Waals surface area contributed by atoms with Crippen molar-refractivity contribution < 1.29 is 0 Å². The third kappa shape index (κ3) is 2.94. The zero-order valence-electron chi connectivity index (χ0n) is 11.0. The van der Waals surface area contributed by atoms with Gasteiger partial charge in [-0.1, -0.05) is 86.6 Å². The molecule has 0 saturated carbocycles. The van der Waals surface area contributed by atoms with Gasteiger partial charge in [0.1, 0.15) is 0 Å². The smallest absolute Gasteiger partial charge is 0.0527 e. The predicted molar refractivity (Wildman–Crippen MR) is 83.6 cm³/mol. The first kappa shape index (κ1) is 13.6. The van der Waals surface area contributed by atoms with Gasteiger partial charge in [-0.25, -0.2) is 0 Å². The van der Waals surface area contributed by atoms with E-state index in [9.17, 15) is 0 Å². The van der Waals surface area contributed by atoms with Gasteiger partial charge in [0.2, 0.25) is 0 Å². The van der Waals surface area contributed by atoms with E-state index in [-0.39, 0.29) is 5.41 Å². The molecule has 2 aromatic rings. The molecule has 94 valence electrons. The number of hydrogen-bond donors (Lipinski definition) is 0. The second kappa shape index (κ2) is 5.43. The second-order valence-electron chi connectivity index (χ2n) is 5.38. The van der Waals surface area contributed by atoms with Crippen molar-refractivity contribution in [2.75, 3.05) is 0 Å². The van der Waals surface area contributed by atoms with Crippen LogP contribution in [0.4, 0.5) is 0 Å². The van der Waals surface area contributed by atoms with Gasteiger partial charge in [0.15, 0.2) is 0 Å². The minimum absolute atomic E-state index is 0.126. The molecule has 0 radical (unpaired) electrons.